The Morgan fingerprint density at radius 1 is 0.383 bits per heavy atom. The average Bonchev–Trinajstić information content (AvgIpc) is 1.14. The number of hydrogen-bond acceptors (Lipinski definition) is 5. The van der Waals surface area contributed by atoms with Crippen molar-refractivity contribution in [3.63, 3.8) is 0 Å². The second-order valence-corrected chi connectivity index (χ2v) is 23.7. The first-order valence-corrected chi connectivity index (χ1v) is 31.2. The van der Waals surface area contributed by atoms with Gasteiger partial charge >= 0.3 is 0 Å². The third-order valence-electron chi connectivity index (χ3n) is 18.3. The monoisotopic (exact) mass is 1380 g/mol. The molecule has 19 rings (SSSR count). The number of hydrogen-bond donors (Lipinski definition) is 0. The van der Waals surface area contributed by atoms with E-state index < -0.39 is 0 Å². The number of para-hydroxylation sites is 3. The van der Waals surface area contributed by atoms with Gasteiger partial charge in [0, 0.05) is 66.6 Å². The first-order chi connectivity index (χ1) is 46.1. The number of ether oxygens (including phenoxy) is 4. The molecule has 16 aromatic rings. The second-order valence-electron chi connectivity index (χ2n) is 23.7. The van der Waals surface area contributed by atoms with Crippen LogP contribution in [0.15, 0.2) is 297 Å². The van der Waals surface area contributed by atoms with Gasteiger partial charge in [-0.1, -0.05) is 182 Å². The fraction of sp³-hybridized carbons (Fsp3) is 0. The van der Waals surface area contributed by atoms with Crippen molar-refractivity contribution in [2.45, 2.75) is 0 Å². The number of fused-ring (bicyclic) bond motifs is 5. The minimum absolute atomic E-state index is 0. The normalized spacial score (nSPS) is 12.2. The van der Waals surface area contributed by atoms with Crippen molar-refractivity contribution in [3.8, 4) is 130 Å². The molecule has 0 bridgehead atoms. The Balaban J connectivity index is 0.00000648. The largest absolute Gasteiger partial charge is 0.510 e. The Kier molecular flexibility index (Phi) is 13.1. The summed E-state index contributed by atoms with van der Waals surface area (Å²) >= 11 is 0. The van der Waals surface area contributed by atoms with Crippen molar-refractivity contribution in [1.29, 1.82) is 0 Å². The minimum Gasteiger partial charge on any atom is -0.510 e. The SMILES string of the molecule is [Pt].[c-]1c(Oc2[c-]c(-n3c4cc5c6c(c4c4cccnc43)Oc3cccc4c3B6c3c(cccc3O5)O4)ccc2)cccc1-n1[c-][n+](-c2c(-c3cc(-c4ccccc4)cc(-c4ccccc4)c3)cccc2-c2cc(-c3ccccc3)cc(-c3ccccc3)c2)c2ccccc21. The van der Waals surface area contributed by atoms with Crippen molar-refractivity contribution in [1.82, 2.24) is 14.1 Å². The number of aromatic nitrogens is 4. The van der Waals surface area contributed by atoms with Gasteiger partial charge < -0.3 is 28.1 Å². The maximum Gasteiger partial charge on any atom is 0.270 e. The summed E-state index contributed by atoms with van der Waals surface area (Å²) in [6, 6.07) is 109. The Labute approximate surface area is 556 Å². The molecular formula is C84H49BN4O4Pt-2. The first-order valence-electron chi connectivity index (χ1n) is 31.2. The van der Waals surface area contributed by atoms with Gasteiger partial charge in [-0.3, -0.25) is 4.57 Å². The van der Waals surface area contributed by atoms with Crippen LogP contribution in [-0.2, 0) is 21.1 Å². The quantitative estimate of drug-likeness (QED) is 0.0734. The molecule has 10 heteroatoms. The summed E-state index contributed by atoms with van der Waals surface area (Å²) in [5, 5.41) is 1.87. The molecule has 444 valence electrons. The zero-order chi connectivity index (χ0) is 61.1. The summed E-state index contributed by atoms with van der Waals surface area (Å²) in [6.45, 7) is -0.132. The van der Waals surface area contributed by atoms with Crippen LogP contribution in [-0.4, -0.2) is 20.8 Å². The molecule has 3 aliphatic heterocycles. The van der Waals surface area contributed by atoms with Crippen LogP contribution >= 0.6 is 0 Å². The third kappa shape index (κ3) is 9.03. The number of imidazole rings is 1. The van der Waals surface area contributed by atoms with Crippen molar-refractivity contribution in [3.05, 3.63) is 316 Å². The van der Waals surface area contributed by atoms with Crippen LogP contribution in [0, 0.1) is 18.5 Å². The fourth-order valence-corrected chi connectivity index (χ4v) is 14.2. The zero-order valence-corrected chi connectivity index (χ0v) is 52.4. The maximum absolute atomic E-state index is 7.01. The molecule has 0 saturated heterocycles. The molecule has 94 heavy (non-hydrogen) atoms. The Bertz CT molecular complexity index is 5440. The van der Waals surface area contributed by atoms with Gasteiger partial charge in [-0.05, 0) is 145 Å². The molecule has 6 heterocycles. The molecule has 0 atom stereocenters. The van der Waals surface area contributed by atoms with Crippen LogP contribution in [0.3, 0.4) is 0 Å². The van der Waals surface area contributed by atoms with Gasteiger partial charge in [0.05, 0.1) is 27.6 Å². The summed E-state index contributed by atoms with van der Waals surface area (Å²) in [5.74, 6) is 5.57. The third-order valence-corrected chi connectivity index (χ3v) is 18.3. The van der Waals surface area contributed by atoms with E-state index in [0.717, 1.165) is 168 Å². The first kappa shape index (κ1) is 55.1. The summed E-state index contributed by atoms with van der Waals surface area (Å²) in [7, 11) is 0. The topological polar surface area (TPSA) is 63.6 Å². The maximum atomic E-state index is 7.01. The molecule has 8 nitrogen and oxygen atoms in total. The van der Waals surface area contributed by atoms with E-state index in [9.17, 15) is 0 Å². The van der Waals surface area contributed by atoms with Crippen LogP contribution in [0.25, 0.3) is 117 Å². The van der Waals surface area contributed by atoms with E-state index >= 15 is 0 Å². The molecule has 3 aliphatic rings. The van der Waals surface area contributed by atoms with E-state index in [2.05, 4.69) is 251 Å². The fourth-order valence-electron chi connectivity index (χ4n) is 14.2. The minimum atomic E-state index is -0.132. The van der Waals surface area contributed by atoms with E-state index in [0.29, 0.717) is 11.5 Å². The molecule has 0 amide bonds. The molecule has 0 unspecified atom stereocenters. The van der Waals surface area contributed by atoms with E-state index in [-0.39, 0.29) is 27.8 Å². The molecule has 0 spiro atoms. The van der Waals surface area contributed by atoms with Gasteiger partial charge in [0.1, 0.15) is 40.1 Å². The number of nitrogens with zero attached hydrogens (tertiary/aromatic N) is 4. The zero-order valence-electron chi connectivity index (χ0n) is 50.1. The molecular weight excluding hydrogens is 1330 g/mol. The molecule has 0 aliphatic carbocycles. The average molecular weight is 1380 g/mol. The van der Waals surface area contributed by atoms with E-state index in [4.69, 9.17) is 23.9 Å². The van der Waals surface area contributed by atoms with Crippen LogP contribution in [0.5, 0.6) is 46.0 Å². The Morgan fingerprint density at radius 3 is 1.41 bits per heavy atom. The summed E-state index contributed by atoms with van der Waals surface area (Å²) in [6.07, 6.45) is 5.76. The van der Waals surface area contributed by atoms with E-state index in [1.54, 1.807) is 0 Å². The summed E-state index contributed by atoms with van der Waals surface area (Å²) in [5.41, 5.74) is 22.2. The standard InChI is InChI=1S/C84H49BN4O4.Pt/c1-5-21-53(22-6-1)57-43-58(54-23-7-2-8-24-54)46-61(45-57)67-33-17-34-68(62-47-59(55-25-9-3-10-26-55)44-60(48-62)56-27-11-4-12-28-56)82(67)88-52-87(70-36-13-14-37-71(70)88)63-29-15-31-65(49-63)90-66-32-16-30-64(50-66)89-72-51-77-81-83(78(72)69-35-20-42-86-84(69)89)93-76-41-19-39-74-80(76)85(81)79-73(91-74)38-18-40-75(79)92-77;/h1-48,51H;/q-2;. The molecule has 0 radical (unpaired) electrons. The Morgan fingerprint density at radius 2 is 0.851 bits per heavy atom. The number of pyridine rings is 1. The second kappa shape index (κ2) is 22.3. The van der Waals surface area contributed by atoms with Crippen molar-refractivity contribution < 1.29 is 44.6 Å². The summed E-state index contributed by atoms with van der Waals surface area (Å²) in [4.78, 5) is 5.03. The van der Waals surface area contributed by atoms with Gasteiger partial charge in [0.25, 0.3) is 13.0 Å². The molecule has 3 aromatic heterocycles. The van der Waals surface area contributed by atoms with E-state index in [1.165, 1.54) is 0 Å². The van der Waals surface area contributed by atoms with Crippen LogP contribution < -0.4 is 39.9 Å². The molecule has 0 N–H and O–H groups in total. The van der Waals surface area contributed by atoms with E-state index in [1.807, 2.05) is 79.0 Å². The van der Waals surface area contributed by atoms with Gasteiger partial charge in [-0.2, -0.15) is 18.2 Å². The number of rotatable bonds is 11. The van der Waals surface area contributed by atoms with Crippen LogP contribution in [0.1, 0.15) is 0 Å². The molecule has 13 aromatic carbocycles. The van der Waals surface area contributed by atoms with Crippen LogP contribution in [0.2, 0.25) is 0 Å². The van der Waals surface area contributed by atoms with Crippen molar-refractivity contribution >= 4 is 56.1 Å². The van der Waals surface area contributed by atoms with Gasteiger partial charge in [-0.15, -0.1) is 30.3 Å². The molecule has 0 saturated carbocycles. The van der Waals surface area contributed by atoms with Crippen LogP contribution in [0.4, 0.5) is 0 Å². The predicted molar refractivity (Wildman–Crippen MR) is 370 cm³/mol. The predicted octanol–water partition coefficient (Wildman–Crippen LogP) is 18.4. The van der Waals surface area contributed by atoms with Crippen molar-refractivity contribution in [2.75, 3.05) is 0 Å². The smallest absolute Gasteiger partial charge is 0.270 e. The molecule has 0 fully saturated rings. The number of benzene rings is 13. The van der Waals surface area contributed by atoms with Crippen molar-refractivity contribution in [2.24, 2.45) is 0 Å². The van der Waals surface area contributed by atoms with Gasteiger partial charge in [-0.25, -0.2) is 4.98 Å². The summed E-state index contributed by atoms with van der Waals surface area (Å²) < 4.78 is 33.6. The Hall–Kier alpha value is -11.8. The van der Waals surface area contributed by atoms with Gasteiger partial charge in [0.2, 0.25) is 0 Å². The van der Waals surface area contributed by atoms with Gasteiger partial charge in [0.15, 0.2) is 0 Å².